The molecule has 0 bridgehead atoms. The number of piperazine rings is 1. The molecule has 2 heterocycles. The van der Waals surface area contributed by atoms with Gasteiger partial charge in [0.2, 0.25) is 15.5 Å². The second kappa shape index (κ2) is 5.12. The van der Waals surface area contributed by atoms with Gasteiger partial charge in [0.1, 0.15) is 4.90 Å². The first-order valence-corrected chi connectivity index (χ1v) is 7.71. The highest BCUT2D eigenvalue weighted by Crippen LogP contribution is 2.15. The van der Waals surface area contributed by atoms with E-state index in [1.165, 1.54) is 16.7 Å². The molecule has 2 rings (SSSR count). The molecule has 1 aliphatic rings. The number of hydrogen-bond acceptors (Lipinski definition) is 4. The van der Waals surface area contributed by atoms with Crippen molar-refractivity contribution < 1.29 is 8.42 Å². The summed E-state index contributed by atoms with van der Waals surface area (Å²) in [5, 5.41) is 0. The van der Waals surface area contributed by atoms with Crippen LogP contribution in [0.4, 0.5) is 0 Å². The first-order valence-electron chi connectivity index (χ1n) is 5.48. The van der Waals surface area contributed by atoms with Crippen LogP contribution in [0.3, 0.4) is 0 Å². The van der Waals surface area contributed by atoms with E-state index in [-0.39, 0.29) is 9.37 Å². The summed E-state index contributed by atoms with van der Waals surface area (Å²) in [4.78, 5) is 16.3. The molecular formula is C10H14BrN3O3S. The molecule has 6 nitrogen and oxygen atoms in total. The minimum Gasteiger partial charge on any atom is -0.365 e. The van der Waals surface area contributed by atoms with E-state index in [0.29, 0.717) is 26.2 Å². The number of nitrogens with one attached hydrogen (secondary N) is 1. The summed E-state index contributed by atoms with van der Waals surface area (Å²) in [5.41, 5.74) is -0.507. The summed E-state index contributed by atoms with van der Waals surface area (Å²) < 4.78 is 26.2. The van der Waals surface area contributed by atoms with Crippen molar-refractivity contribution in [2.75, 3.05) is 33.2 Å². The Balaban J connectivity index is 2.37. The maximum atomic E-state index is 12.3. The van der Waals surface area contributed by atoms with Gasteiger partial charge in [0.05, 0.1) is 4.47 Å². The van der Waals surface area contributed by atoms with Gasteiger partial charge in [-0.2, -0.15) is 4.31 Å². The van der Waals surface area contributed by atoms with E-state index >= 15 is 0 Å². The number of nitrogens with zero attached hydrogens (tertiary/aromatic N) is 2. The van der Waals surface area contributed by atoms with E-state index in [1.807, 2.05) is 7.05 Å². The Morgan fingerprint density at radius 3 is 2.44 bits per heavy atom. The number of aromatic nitrogens is 1. The van der Waals surface area contributed by atoms with Gasteiger partial charge < -0.3 is 9.88 Å². The van der Waals surface area contributed by atoms with E-state index < -0.39 is 15.5 Å². The monoisotopic (exact) mass is 335 g/mol. The maximum Gasteiger partial charge on any atom is 0.248 e. The van der Waals surface area contributed by atoms with Gasteiger partial charge in [0, 0.05) is 38.6 Å². The van der Waals surface area contributed by atoms with E-state index in [0.717, 1.165) is 0 Å². The van der Waals surface area contributed by atoms with E-state index in [1.54, 1.807) is 0 Å². The van der Waals surface area contributed by atoms with Crippen LogP contribution in [0.5, 0.6) is 0 Å². The standard InChI is InChI=1S/C10H14BrN3O3S/c1-13-2-4-14(5-3-13)18(16,17)9-7-12-6-8(11)10(9)15/h6-7H,2-5H2,1H3,(H,12,15). The number of sulfonamides is 1. The fourth-order valence-corrected chi connectivity index (χ4v) is 3.76. The van der Waals surface area contributed by atoms with Gasteiger partial charge in [-0.25, -0.2) is 8.42 Å². The SMILES string of the molecule is CN1CCN(S(=O)(=O)c2c[nH]cc(Br)c2=O)CC1. The van der Waals surface area contributed by atoms with Crippen molar-refractivity contribution in [2.24, 2.45) is 0 Å². The Morgan fingerprint density at radius 1 is 1.22 bits per heavy atom. The van der Waals surface area contributed by atoms with Gasteiger partial charge in [-0.1, -0.05) is 0 Å². The highest BCUT2D eigenvalue weighted by molar-refractivity contribution is 9.10. The molecule has 1 aliphatic heterocycles. The molecule has 1 saturated heterocycles. The van der Waals surface area contributed by atoms with Crippen molar-refractivity contribution in [3.05, 3.63) is 27.1 Å². The van der Waals surface area contributed by atoms with Crippen molar-refractivity contribution in [1.82, 2.24) is 14.2 Å². The summed E-state index contributed by atoms with van der Waals surface area (Å²) in [6.07, 6.45) is 2.66. The Labute approximate surface area is 114 Å². The molecule has 0 saturated carbocycles. The molecule has 0 amide bonds. The summed E-state index contributed by atoms with van der Waals surface area (Å²) in [6.45, 7) is 2.16. The van der Waals surface area contributed by atoms with Crippen molar-refractivity contribution in [1.29, 1.82) is 0 Å². The number of aromatic amines is 1. The first-order chi connectivity index (χ1) is 8.43. The van der Waals surface area contributed by atoms with Crippen LogP contribution in [0, 0.1) is 0 Å². The second-order valence-electron chi connectivity index (χ2n) is 4.20. The molecule has 0 spiro atoms. The van der Waals surface area contributed by atoms with Crippen LogP contribution in [0.25, 0.3) is 0 Å². The predicted octanol–water partition coefficient (Wildman–Crippen LogP) is 0.0735. The molecule has 18 heavy (non-hydrogen) atoms. The fourth-order valence-electron chi connectivity index (χ4n) is 1.80. The van der Waals surface area contributed by atoms with Gasteiger partial charge in [0.15, 0.2) is 0 Å². The van der Waals surface area contributed by atoms with Crippen LogP contribution >= 0.6 is 15.9 Å². The van der Waals surface area contributed by atoms with Crippen LogP contribution in [0.15, 0.2) is 26.6 Å². The lowest BCUT2D eigenvalue weighted by molar-refractivity contribution is 0.222. The Morgan fingerprint density at radius 2 is 1.83 bits per heavy atom. The predicted molar refractivity (Wildman–Crippen MR) is 71.0 cm³/mol. The average molecular weight is 336 g/mol. The Hall–Kier alpha value is -0.700. The number of hydrogen-bond donors (Lipinski definition) is 1. The van der Waals surface area contributed by atoms with Crippen LogP contribution in [-0.4, -0.2) is 55.8 Å². The topological polar surface area (TPSA) is 73.5 Å². The van der Waals surface area contributed by atoms with Crippen molar-refractivity contribution in [3.8, 4) is 0 Å². The summed E-state index contributed by atoms with van der Waals surface area (Å²) in [5.74, 6) is 0. The van der Waals surface area contributed by atoms with E-state index in [9.17, 15) is 13.2 Å². The molecule has 0 atom stereocenters. The zero-order chi connectivity index (χ0) is 13.3. The highest BCUT2D eigenvalue weighted by Gasteiger charge is 2.29. The van der Waals surface area contributed by atoms with Crippen LogP contribution < -0.4 is 5.43 Å². The van der Waals surface area contributed by atoms with Crippen molar-refractivity contribution in [2.45, 2.75) is 4.90 Å². The summed E-state index contributed by atoms with van der Waals surface area (Å²) >= 11 is 3.04. The third-order valence-electron chi connectivity index (χ3n) is 2.95. The van der Waals surface area contributed by atoms with Gasteiger partial charge >= 0.3 is 0 Å². The lowest BCUT2D eigenvalue weighted by Crippen LogP contribution is -2.47. The minimum absolute atomic E-state index is 0.207. The van der Waals surface area contributed by atoms with Crippen LogP contribution in [0.1, 0.15) is 0 Å². The average Bonchev–Trinajstić information content (AvgIpc) is 2.33. The smallest absolute Gasteiger partial charge is 0.248 e. The number of halogens is 1. The number of H-pyrrole nitrogens is 1. The highest BCUT2D eigenvalue weighted by atomic mass is 79.9. The number of rotatable bonds is 2. The summed E-state index contributed by atoms with van der Waals surface area (Å²) in [7, 11) is -1.77. The van der Waals surface area contributed by atoms with Crippen molar-refractivity contribution >= 4 is 26.0 Å². The van der Waals surface area contributed by atoms with Crippen LogP contribution in [0.2, 0.25) is 0 Å². The Bertz CT molecular complexity index is 591. The van der Waals surface area contributed by atoms with E-state index in [2.05, 4.69) is 25.8 Å². The Kier molecular flexibility index (Phi) is 3.90. The molecule has 100 valence electrons. The summed E-state index contributed by atoms with van der Waals surface area (Å²) in [6, 6.07) is 0. The molecule has 1 fully saturated rings. The van der Waals surface area contributed by atoms with Gasteiger partial charge in [-0.15, -0.1) is 0 Å². The van der Waals surface area contributed by atoms with Gasteiger partial charge in [-0.3, -0.25) is 4.79 Å². The third-order valence-corrected chi connectivity index (χ3v) is 5.44. The maximum absolute atomic E-state index is 12.3. The largest absolute Gasteiger partial charge is 0.365 e. The molecule has 0 unspecified atom stereocenters. The molecule has 1 N–H and O–H groups in total. The molecule has 1 aromatic rings. The second-order valence-corrected chi connectivity index (χ2v) is 6.96. The van der Waals surface area contributed by atoms with Crippen molar-refractivity contribution in [3.63, 3.8) is 0 Å². The van der Waals surface area contributed by atoms with Crippen LogP contribution in [-0.2, 0) is 10.0 Å². The molecule has 8 heteroatoms. The molecular weight excluding hydrogens is 322 g/mol. The minimum atomic E-state index is -3.71. The molecule has 1 aromatic heterocycles. The zero-order valence-electron chi connectivity index (χ0n) is 9.89. The molecule has 0 radical (unpaired) electrons. The normalized spacial score (nSPS) is 19.0. The molecule has 0 aliphatic carbocycles. The van der Waals surface area contributed by atoms with E-state index in [4.69, 9.17) is 0 Å². The zero-order valence-corrected chi connectivity index (χ0v) is 12.3. The van der Waals surface area contributed by atoms with Gasteiger partial charge in [0.25, 0.3) is 0 Å². The number of likely N-dealkylation sites (N-methyl/N-ethyl adjacent to an activating group) is 1. The fraction of sp³-hybridized carbons (Fsp3) is 0.500. The third kappa shape index (κ3) is 2.51. The molecule has 0 aromatic carbocycles. The lowest BCUT2D eigenvalue weighted by atomic mass is 10.4. The van der Waals surface area contributed by atoms with Gasteiger partial charge in [-0.05, 0) is 23.0 Å². The number of pyridine rings is 1. The lowest BCUT2D eigenvalue weighted by Gasteiger charge is -2.31. The quantitative estimate of drug-likeness (QED) is 0.830. The first kappa shape index (κ1) is 13.7.